The minimum atomic E-state index is -0.344. The highest BCUT2D eigenvalue weighted by molar-refractivity contribution is 7.21. The number of nitrogens with zero attached hydrogens (tertiary/aromatic N) is 4. The Kier molecular flexibility index (Phi) is 9.55. The van der Waals surface area contributed by atoms with Gasteiger partial charge in [0.1, 0.15) is 28.0 Å². The first kappa shape index (κ1) is 37.3. The standard InChI is InChI=1S/C50H35N7O3S/c1-29-17-9-11-23-33(29)47(58)56-45-41(49-51-35-25-13-15-27-37(35)60-49)39(31-19-5-3-6-20-31)43(54-45)53-44-40(32-21-7-4-8-22-32)42(50-52-36-26-14-16-28-38(36)61-50)46(55-44)57-48(59)34-24-12-10-18-30(34)2/h3-28,55H,1-2H3,(H,57,59)(H,53,54,56,58). The maximum atomic E-state index is 14.1. The average molecular weight is 814 g/mol. The van der Waals surface area contributed by atoms with Crippen LogP contribution in [0.15, 0.2) is 172 Å². The van der Waals surface area contributed by atoms with Gasteiger partial charge in [0, 0.05) is 22.3 Å². The predicted molar refractivity (Wildman–Crippen MR) is 244 cm³/mol. The van der Waals surface area contributed by atoms with Crippen LogP contribution in [-0.4, -0.2) is 38.4 Å². The zero-order valence-corrected chi connectivity index (χ0v) is 33.7. The summed E-state index contributed by atoms with van der Waals surface area (Å²) in [4.78, 5) is 52.1. The van der Waals surface area contributed by atoms with Crippen molar-refractivity contribution < 1.29 is 14.0 Å². The second kappa shape index (κ2) is 15.6. The van der Waals surface area contributed by atoms with E-state index < -0.39 is 0 Å². The quantitative estimate of drug-likeness (QED) is 0.140. The molecule has 0 atom stereocenters. The highest BCUT2D eigenvalue weighted by atomic mass is 32.1. The number of hydrogen-bond donors (Lipinski definition) is 3. The molecule has 3 aromatic heterocycles. The molecule has 0 radical (unpaired) electrons. The molecule has 6 aromatic carbocycles. The summed E-state index contributed by atoms with van der Waals surface area (Å²) >= 11 is 1.52. The lowest BCUT2D eigenvalue weighted by Gasteiger charge is -2.10. The third kappa shape index (κ3) is 7.02. The number of benzene rings is 6. The number of carbonyl (C=O) groups is 2. The van der Waals surface area contributed by atoms with E-state index in [1.54, 1.807) is 12.1 Å². The lowest BCUT2D eigenvalue weighted by molar-refractivity contribution is 0.0975. The van der Waals surface area contributed by atoms with Crippen molar-refractivity contribution in [1.82, 2.24) is 20.3 Å². The van der Waals surface area contributed by atoms with Gasteiger partial charge < -0.3 is 20.0 Å². The normalized spacial score (nSPS) is 13.3. The van der Waals surface area contributed by atoms with Crippen LogP contribution in [0.5, 0.6) is 0 Å². The zero-order chi connectivity index (χ0) is 41.5. The maximum absolute atomic E-state index is 14.1. The Labute approximate surface area is 354 Å². The predicted octanol–water partition coefficient (Wildman–Crippen LogP) is 11.5. The third-order valence-electron chi connectivity index (χ3n) is 10.5. The molecule has 0 aliphatic carbocycles. The van der Waals surface area contributed by atoms with Gasteiger partial charge in [0.15, 0.2) is 11.4 Å². The van der Waals surface area contributed by atoms with Gasteiger partial charge >= 0.3 is 0 Å². The summed E-state index contributed by atoms with van der Waals surface area (Å²) in [6, 6.07) is 49.9. The number of aromatic nitrogens is 3. The number of nitrogens with one attached hydrogen (secondary N) is 3. The van der Waals surface area contributed by atoms with E-state index in [2.05, 4.69) is 15.6 Å². The van der Waals surface area contributed by atoms with Gasteiger partial charge in [-0.15, -0.1) is 11.3 Å². The Bertz CT molecular complexity index is 3200. The van der Waals surface area contributed by atoms with Gasteiger partial charge in [-0.05, 0) is 72.5 Å². The van der Waals surface area contributed by atoms with Crippen molar-refractivity contribution in [2.45, 2.75) is 13.8 Å². The number of aliphatic imine (C=N–C) groups is 2. The molecule has 0 spiro atoms. The highest BCUT2D eigenvalue weighted by Crippen LogP contribution is 2.48. The second-order valence-electron chi connectivity index (χ2n) is 14.5. The van der Waals surface area contributed by atoms with Crippen LogP contribution in [0, 0.1) is 13.8 Å². The SMILES string of the molecule is Cc1ccccc1C(=O)NC1=NC(=Nc2[nH]c(NC(=O)c3ccccc3C)c(-c3nc4ccccc4s3)c2-c2ccccc2)C(c2ccccc2)=C1c1nc2ccccc2o1. The van der Waals surface area contributed by atoms with Gasteiger partial charge in [-0.2, -0.15) is 0 Å². The zero-order valence-electron chi connectivity index (χ0n) is 32.9. The first-order valence-corrected chi connectivity index (χ1v) is 20.5. The average Bonchev–Trinajstić information content (AvgIpc) is 4.07. The molecular weight excluding hydrogens is 779 g/mol. The molecule has 1 aliphatic rings. The van der Waals surface area contributed by atoms with Crippen molar-refractivity contribution in [3.63, 3.8) is 0 Å². The fraction of sp³-hybridized carbons (Fsp3) is 0.0400. The van der Waals surface area contributed by atoms with E-state index in [1.165, 1.54) is 11.3 Å². The third-order valence-corrected chi connectivity index (χ3v) is 11.6. The van der Waals surface area contributed by atoms with Gasteiger partial charge in [-0.3, -0.25) is 9.59 Å². The van der Waals surface area contributed by atoms with E-state index in [4.69, 9.17) is 24.4 Å². The molecule has 61 heavy (non-hydrogen) atoms. The van der Waals surface area contributed by atoms with Crippen molar-refractivity contribution >= 4 is 78.9 Å². The Morgan fingerprint density at radius 1 is 0.607 bits per heavy atom. The monoisotopic (exact) mass is 813 g/mol. The summed E-state index contributed by atoms with van der Waals surface area (Å²) in [6.45, 7) is 3.80. The van der Waals surface area contributed by atoms with Crippen molar-refractivity contribution in [3.05, 3.63) is 191 Å². The van der Waals surface area contributed by atoms with Crippen LogP contribution in [0.4, 0.5) is 11.6 Å². The summed E-state index contributed by atoms with van der Waals surface area (Å²) in [5.74, 6) is 0.984. The van der Waals surface area contributed by atoms with Crippen LogP contribution in [0.25, 0.3) is 54.2 Å². The number of amidine groups is 2. The number of rotatable bonds is 8. The number of anilines is 1. The van der Waals surface area contributed by atoms with Crippen molar-refractivity contribution in [2.75, 3.05) is 5.32 Å². The number of amides is 2. The van der Waals surface area contributed by atoms with Gasteiger partial charge in [0.25, 0.3) is 11.8 Å². The molecular formula is C50H35N7O3S. The summed E-state index contributed by atoms with van der Waals surface area (Å²) in [5.41, 5.74) is 8.79. The molecule has 3 N–H and O–H groups in total. The molecule has 1 aliphatic heterocycles. The van der Waals surface area contributed by atoms with Gasteiger partial charge in [-0.25, -0.2) is 20.0 Å². The van der Waals surface area contributed by atoms with E-state index in [0.717, 1.165) is 32.5 Å². The fourth-order valence-corrected chi connectivity index (χ4v) is 8.57. The van der Waals surface area contributed by atoms with Crippen molar-refractivity contribution in [2.24, 2.45) is 9.98 Å². The van der Waals surface area contributed by atoms with E-state index >= 15 is 0 Å². The molecule has 9 aromatic rings. The molecule has 11 heteroatoms. The Morgan fingerprint density at radius 3 is 1.87 bits per heavy atom. The summed E-state index contributed by atoms with van der Waals surface area (Å²) < 4.78 is 7.42. The lowest BCUT2D eigenvalue weighted by atomic mass is 9.99. The Balaban J connectivity index is 1.24. The molecule has 2 amide bonds. The fourth-order valence-electron chi connectivity index (χ4n) is 7.55. The van der Waals surface area contributed by atoms with Crippen LogP contribution < -0.4 is 10.6 Å². The number of hydrogen-bond acceptors (Lipinski definition) is 7. The highest BCUT2D eigenvalue weighted by Gasteiger charge is 2.34. The van der Waals surface area contributed by atoms with Gasteiger partial charge in [0.05, 0.1) is 21.4 Å². The van der Waals surface area contributed by atoms with E-state index in [1.807, 2.05) is 159 Å². The number of H-pyrrole nitrogens is 1. The van der Waals surface area contributed by atoms with Gasteiger partial charge in [-0.1, -0.05) is 121 Å². The molecule has 0 unspecified atom stereocenters. The number of carbonyl (C=O) groups excluding carboxylic acids is 2. The van der Waals surface area contributed by atoms with Crippen LogP contribution in [0.1, 0.15) is 43.3 Å². The number of aromatic amines is 1. The maximum Gasteiger partial charge on any atom is 0.257 e. The van der Waals surface area contributed by atoms with Crippen LogP contribution in [0.2, 0.25) is 0 Å². The number of oxazole rings is 1. The number of thiazole rings is 1. The minimum Gasteiger partial charge on any atom is -0.436 e. The van der Waals surface area contributed by atoms with Crippen molar-refractivity contribution in [3.8, 4) is 21.7 Å². The van der Waals surface area contributed by atoms with E-state index in [9.17, 15) is 9.59 Å². The number of para-hydroxylation sites is 3. The Morgan fingerprint density at radius 2 is 1.20 bits per heavy atom. The van der Waals surface area contributed by atoms with E-state index in [0.29, 0.717) is 61.1 Å². The number of aryl methyl sites for hydroxylation is 2. The molecule has 0 saturated carbocycles. The molecule has 10 nitrogen and oxygen atoms in total. The number of fused-ring (bicyclic) bond motifs is 2. The molecule has 294 valence electrons. The lowest BCUT2D eigenvalue weighted by Crippen LogP contribution is -2.31. The largest absolute Gasteiger partial charge is 0.436 e. The summed E-state index contributed by atoms with van der Waals surface area (Å²) in [6.07, 6.45) is 0. The minimum absolute atomic E-state index is 0.227. The molecule has 0 bridgehead atoms. The van der Waals surface area contributed by atoms with E-state index in [-0.39, 0.29) is 29.4 Å². The van der Waals surface area contributed by atoms with Gasteiger partial charge in [0.2, 0.25) is 5.89 Å². The smallest absolute Gasteiger partial charge is 0.257 e. The molecule has 0 saturated heterocycles. The Hall–Kier alpha value is -8.02. The first-order chi connectivity index (χ1) is 29.9. The van der Waals surface area contributed by atoms with Crippen LogP contribution >= 0.6 is 11.3 Å². The topological polar surface area (TPSA) is 138 Å². The van der Waals surface area contributed by atoms with Crippen LogP contribution in [-0.2, 0) is 0 Å². The second-order valence-corrected chi connectivity index (χ2v) is 15.5. The summed E-state index contributed by atoms with van der Waals surface area (Å²) in [7, 11) is 0. The first-order valence-electron chi connectivity index (χ1n) is 19.6. The summed E-state index contributed by atoms with van der Waals surface area (Å²) in [5, 5.41) is 6.97. The van der Waals surface area contributed by atoms with Crippen LogP contribution in [0.3, 0.4) is 0 Å². The molecule has 10 rings (SSSR count). The van der Waals surface area contributed by atoms with Crippen molar-refractivity contribution in [1.29, 1.82) is 0 Å². The molecule has 0 fully saturated rings. The molecule has 4 heterocycles.